The van der Waals surface area contributed by atoms with Crippen LogP contribution in [-0.4, -0.2) is 54.1 Å². The maximum Gasteiger partial charge on any atom is 0.408 e. The SMILES string of the molecule is C[C@@H]1CN(C(=O)[C@@H]2CC[C@H](C(F)(F)F)NC2=O)C[C@@H](C)N1. The van der Waals surface area contributed by atoms with Crippen LogP contribution >= 0.6 is 0 Å². The lowest BCUT2D eigenvalue weighted by molar-refractivity contribution is -0.172. The predicted octanol–water partition coefficient (Wildman–Crippen LogP) is 0.652. The third kappa shape index (κ3) is 3.66. The van der Waals surface area contributed by atoms with Crippen LogP contribution in [0.5, 0.6) is 0 Å². The smallest absolute Gasteiger partial charge is 0.344 e. The fourth-order valence-electron chi connectivity index (χ4n) is 3.02. The Kier molecular flexibility index (Phi) is 4.46. The quantitative estimate of drug-likeness (QED) is 0.699. The van der Waals surface area contributed by atoms with Crippen molar-refractivity contribution in [2.24, 2.45) is 5.92 Å². The minimum absolute atomic E-state index is 0.0540. The fraction of sp³-hybridized carbons (Fsp3) is 0.846. The molecule has 0 unspecified atom stereocenters. The Morgan fingerprint density at radius 2 is 1.76 bits per heavy atom. The summed E-state index contributed by atoms with van der Waals surface area (Å²) in [6, 6.07) is -1.63. The minimum Gasteiger partial charge on any atom is -0.344 e. The topological polar surface area (TPSA) is 61.4 Å². The molecule has 21 heavy (non-hydrogen) atoms. The van der Waals surface area contributed by atoms with E-state index in [0.717, 1.165) is 0 Å². The number of piperazine rings is 1. The molecule has 2 N–H and O–H groups in total. The molecule has 5 nitrogen and oxygen atoms in total. The average molecular weight is 307 g/mol. The number of halogens is 3. The van der Waals surface area contributed by atoms with Crippen molar-refractivity contribution in [2.75, 3.05) is 13.1 Å². The van der Waals surface area contributed by atoms with Gasteiger partial charge >= 0.3 is 6.18 Å². The minimum atomic E-state index is -4.46. The number of carbonyl (C=O) groups excluding carboxylic acids is 2. The van der Waals surface area contributed by atoms with Gasteiger partial charge in [0, 0.05) is 25.2 Å². The summed E-state index contributed by atoms with van der Waals surface area (Å²) in [5, 5.41) is 5.18. The number of hydrogen-bond donors (Lipinski definition) is 2. The first-order valence-corrected chi connectivity index (χ1v) is 7.10. The van der Waals surface area contributed by atoms with Crippen LogP contribution in [0.15, 0.2) is 0 Å². The highest BCUT2D eigenvalue weighted by molar-refractivity contribution is 6.01. The number of nitrogens with zero attached hydrogens (tertiary/aromatic N) is 1. The molecule has 2 rings (SSSR count). The van der Waals surface area contributed by atoms with Crippen LogP contribution in [0.4, 0.5) is 13.2 Å². The van der Waals surface area contributed by atoms with Crippen molar-refractivity contribution in [3.05, 3.63) is 0 Å². The first kappa shape index (κ1) is 16.1. The molecule has 2 heterocycles. The zero-order chi connectivity index (χ0) is 15.8. The lowest BCUT2D eigenvalue weighted by Gasteiger charge is -2.39. The zero-order valence-corrected chi connectivity index (χ0v) is 12.0. The Morgan fingerprint density at radius 3 is 2.24 bits per heavy atom. The summed E-state index contributed by atoms with van der Waals surface area (Å²) in [4.78, 5) is 25.8. The summed E-state index contributed by atoms with van der Waals surface area (Å²) >= 11 is 0. The maximum absolute atomic E-state index is 12.6. The number of hydrogen-bond acceptors (Lipinski definition) is 3. The molecule has 2 saturated heterocycles. The van der Waals surface area contributed by atoms with Gasteiger partial charge in [-0.15, -0.1) is 0 Å². The van der Waals surface area contributed by atoms with Crippen LogP contribution in [0.1, 0.15) is 26.7 Å². The first-order valence-electron chi connectivity index (χ1n) is 7.10. The molecule has 0 bridgehead atoms. The van der Waals surface area contributed by atoms with Gasteiger partial charge in [0.2, 0.25) is 11.8 Å². The predicted molar refractivity (Wildman–Crippen MR) is 69.3 cm³/mol. The Hall–Kier alpha value is -1.31. The molecule has 0 spiro atoms. The highest BCUT2D eigenvalue weighted by Gasteiger charge is 2.46. The fourth-order valence-corrected chi connectivity index (χ4v) is 3.02. The number of amides is 2. The van der Waals surface area contributed by atoms with Gasteiger partial charge < -0.3 is 15.5 Å². The number of alkyl halides is 3. The van der Waals surface area contributed by atoms with Crippen molar-refractivity contribution in [1.82, 2.24) is 15.5 Å². The highest BCUT2D eigenvalue weighted by Crippen LogP contribution is 2.29. The van der Waals surface area contributed by atoms with Gasteiger partial charge in [-0.25, -0.2) is 0 Å². The highest BCUT2D eigenvalue weighted by atomic mass is 19.4. The van der Waals surface area contributed by atoms with Gasteiger partial charge in [-0.05, 0) is 26.7 Å². The van der Waals surface area contributed by atoms with E-state index in [2.05, 4.69) is 5.32 Å². The van der Waals surface area contributed by atoms with E-state index in [1.807, 2.05) is 19.2 Å². The van der Waals surface area contributed by atoms with Crippen LogP contribution in [0.3, 0.4) is 0 Å². The summed E-state index contributed by atoms with van der Waals surface area (Å²) in [5.41, 5.74) is 0. The summed E-state index contributed by atoms with van der Waals surface area (Å²) in [6.45, 7) is 4.79. The molecule has 2 amide bonds. The lowest BCUT2D eigenvalue weighted by Crippen LogP contribution is -2.60. The molecule has 120 valence electrons. The molecule has 2 aliphatic heterocycles. The number of carbonyl (C=O) groups is 2. The molecule has 0 aromatic rings. The van der Waals surface area contributed by atoms with Crippen molar-refractivity contribution in [2.45, 2.75) is 51.0 Å². The monoisotopic (exact) mass is 307 g/mol. The molecular weight excluding hydrogens is 287 g/mol. The van der Waals surface area contributed by atoms with Crippen LogP contribution in [0, 0.1) is 5.92 Å². The van der Waals surface area contributed by atoms with Gasteiger partial charge in [0.1, 0.15) is 12.0 Å². The van der Waals surface area contributed by atoms with Gasteiger partial charge in [0.05, 0.1) is 0 Å². The molecule has 2 fully saturated rings. The van der Waals surface area contributed by atoms with E-state index in [-0.39, 0.29) is 30.8 Å². The second kappa shape index (κ2) is 5.82. The molecule has 0 aliphatic carbocycles. The van der Waals surface area contributed by atoms with E-state index < -0.39 is 24.0 Å². The summed E-state index contributed by atoms with van der Waals surface area (Å²) in [7, 11) is 0. The molecule has 0 aromatic carbocycles. The van der Waals surface area contributed by atoms with E-state index in [1.54, 1.807) is 4.90 Å². The molecule has 4 atom stereocenters. The Balaban J connectivity index is 1.99. The molecule has 8 heteroatoms. The van der Waals surface area contributed by atoms with Crippen molar-refractivity contribution in [1.29, 1.82) is 0 Å². The van der Waals surface area contributed by atoms with Crippen molar-refractivity contribution < 1.29 is 22.8 Å². The van der Waals surface area contributed by atoms with Crippen LogP contribution in [0.25, 0.3) is 0 Å². The van der Waals surface area contributed by atoms with E-state index >= 15 is 0 Å². The lowest BCUT2D eigenvalue weighted by atomic mass is 9.91. The molecule has 0 saturated carbocycles. The Bertz CT molecular complexity index is 417. The van der Waals surface area contributed by atoms with Crippen LogP contribution in [-0.2, 0) is 9.59 Å². The van der Waals surface area contributed by atoms with Gasteiger partial charge in [-0.2, -0.15) is 13.2 Å². The van der Waals surface area contributed by atoms with E-state index in [4.69, 9.17) is 0 Å². The molecule has 0 radical (unpaired) electrons. The standard InChI is InChI=1S/C13H20F3N3O2/c1-7-5-19(6-8(2)17-7)12(21)9-3-4-10(13(14,15)16)18-11(9)20/h7-10,17H,3-6H2,1-2H3,(H,18,20)/t7-,8-,9-,10-/m1/s1. The number of piperidine rings is 1. The molecular formula is C13H20F3N3O2. The van der Waals surface area contributed by atoms with E-state index in [0.29, 0.717) is 13.1 Å². The molecule has 2 aliphatic rings. The van der Waals surface area contributed by atoms with Gasteiger partial charge in [-0.3, -0.25) is 9.59 Å². The zero-order valence-electron chi connectivity index (χ0n) is 12.0. The Labute approximate surface area is 121 Å². The van der Waals surface area contributed by atoms with Crippen molar-refractivity contribution >= 4 is 11.8 Å². The third-order valence-electron chi connectivity index (χ3n) is 3.94. The number of rotatable bonds is 1. The molecule has 0 aromatic heterocycles. The van der Waals surface area contributed by atoms with Crippen molar-refractivity contribution in [3.8, 4) is 0 Å². The summed E-state index contributed by atoms with van der Waals surface area (Å²) < 4.78 is 37.7. The number of nitrogens with one attached hydrogen (secondary N) is 2. The van der Waals surface area contributed by atoms with Crippen LogP contribution < -0.4 is 10.6 Å². The van der Waals surface area contributed by atoms with E-state index in [1.165, 1.54) is 0 Å². The average Bonchev–Trinajstić information content (AvgIpc) is 2.35. The first-order chi connectivity index (χ1) is 9.68. The normalized spacial score (nSPS) is 34.5. The van der Waals surface area contributed by atoms with Gasteiger partial charge in [0.15, 0.2) is 0 Å². The second-order valence-corrected chi connectivity index (χ2v) is 5.94. The largest absolute Gasteiger partial charge is 0.408 e. The Morgan fingerprint density at radius 1 is 1.19 bits per heavy atom. The third-order valence-corrected chi connectivity index (χ3v) is 3.94. The van der Waals surface area contributed by atoms with Gasteiger partial charge in [-0.1, -0.05) is 0 Å². The summed E-state index contributed by atoms with van der Waals surface area (Å²) in [6.07, 6.45) is -4.76. The maximum atomic E-state index is 12.6. The van der Waals surface area contributed by atoms with E-state index in [9.17, 15) is 22.8 Å². The van der Waals surface area contributed by atoms with Crippen molar-refractivity contribution in [3.63, 3.8) is 0 Å². The van der Waals surface area contributed by atoms with Gasteiger partial charge in [0.25, 0.3) is 0 Å². The second-order valence-electron chi connectivity index (χ2n) is 5.94. The van der Waals surface area contributed by atoms with Crippen LogP contribution in [0.2, 0.25) is 0 Å². The summed E-state index contributed by atoms with van der Waals surface area (Å²) in [5.74, 6) is -2.18.